The van der Waals surface area contributed by atoms with Crippen LogP contribution in [0, 0.1) is 11.8 Å². The second kappa shape index (κ2) is 7.61. The molecular formula is C15H27N3O4S. The van der Waals surface area contributed by atoms with Crippen LogP contribution in [0.4, 0.5) is 0 Å². The molecule has 0 radical (unpaired) electrons. The average Bonchev–Trinajstić information content (AvgIpc) is 2.71. The third-order valence-electron chi connectivity index (χ3n) is 4.90. The molecule has 132 valence electrons. The minimum atomic E-state index is -3.40. The van der Waals surface area contributed by atoms with E-state index in [4.69, 9.17) is 5.73 Å². The van der Waals surface area contributed by atoms with Crippen LogP contribution in [0.3, 0.4) is 0 Å². The molecule has 2 rings (SSSR count). The number of carbonyl (C=O) groups is 2. The zero-order valence-electron chi connectivity index (χ0n) is 13.7. The number of primary amides is 1. The van der Waals surface area contributed by atoms with Gasteiger partial charge in [-0.1, -0.05) is 19.3 Å². The van der Waals surface area contributed by atoms with Crippen molar-refractivity contribution >= 4 is 21.8 Å². The van der Waals surface area contributed by atoms with Gasteiger partial charge in [0.15, 0.2) is 0 Å². The largest absolute Gasteiger partial charge is 0.369 e. The number of rotatable bonds is 4. The summed E-state index contributed by atoms with van der Waals surface area (Å²) in [4.78, 5) is 25.8. The average molecular weight is 345 g/mol. The molecule has 0 aromatic heterocycles. The minimum absolute atomic E-state index is 0.0125. The van der Waals surface area contributed by atoms with Gasteiger partial charge in [0.2, 0.25) is 21.8 Å². The summed E-state index contributed by atoms with van der Waals surface area (Å²) in [6.45, 7) is 0.815. The standard InChI is InChI=1S/C15H27N3O4S/c1-23(21,22)18-8-7-17(10-13(11-18)15(16)20)14(19)9-12-5-3-2-4-6-12/h12-13H,2-11H2,1H3,(H2,16,20)/t13-/m1/s1. The number of carbonyl (C=O) groups excluding carboxylic acids is 2. The van der Waals surface area contributed by atoms with Crippen molar-refractivity contribution in [2.45, 2.75) is 38.5 Å². The Morgan fingerprint density at radius 1 is 1.09 bits per heavy atom. The Morgan fingerprint density at radius 3 is 2.30 bits per heavy atom. The van der Waals surface area contributed by atoms with Crippen molar-refractivity contribution < 1.29 is 18.0 Å². The molecule has 1 aliphatic heterocycles. The van der Waals surface area contributed by atoms with Crippen LogP contribution < -0.4 is 5.73 Å². The van der Waals surface area contributed by atoms with Gasteiger partial charge in [0, 0.05) is 32.6 Å². The fourth-order valence-corrected chi connectivity index (χ4v) is 4.32. The molecule has 0 unspecified atom stereocenters. The molecule has 7 nitrogen and oxygen atoms in total. The van der Waals surface area contributed by atoms with Crippen LogP contribution in [-0.4, -0.2) is 61.9 Å². The molecule has 0 aromatic carbocycles. The van der Waals surface area contributed by atoms with E-state index in [1.165, 1.54) is 23.6 Å². The molecule has 1 saturated carbocycles. The molecule has 2 N–H and O–H groups in total. The van der Waals surface area contributed by atoms with E-state index in [0.29, 0.717) is 18.9 Å². The van der Waals surface area contributed by atoms with E-state index in [-0.39, 0.29) is 25.5 Å². The normalized spacial score (nSPS) is 25.1. The van der Waals surface area contributed by atoms with Crippen molar-refractivity contribution in [2.24, 2.45) is 17.6 Å². The number of sulfonamides is 1. The molecule has 2 amide bonds. The predicted octanol–water partition coefficient (Wildman–Crippen LogP) is 0.162. The Hall–Kier alpha value is -1.15. The van der Waals surface area contributed by atoms with Gasteiger partial charge >= 0.3 is 0 Å². The summed E-state index contributed by atoms with van der Waals surface area (Å²) in [5.74, 6) is -0.783. The van der Waals surface area contributed by atoms with Crippen molar-refractivity contribution in [1.29, 1.82) is 0 Å². The van der Waals surface area contributed by atoms with Crippen LogP contribution in [0.2, 0.25) is 0 Å². The number of hydrogen-bond donors (Lipinski definition) is 1. The molecule has 1 aliphatic carbocycles. The van der Waals surface area contributed by atoms with Gasteiger partial charge in [-0.3, -0.25) is 9.59 Å². The third kappa shape index (κ3) is 5.17. The van der Waals surface area contributed by atoms with Gasteiger partial charge in [0.05, 0.1) is 12.2 Å². The maximum atomic E-state index is 12.5. The smallest absolute Gasteiger partial charge is 0.223 e. The number of amides is 2. The van der Waals surface area contributed by atoms with E-state index >= 15 is 0 Å². The molecule has 0 bridgehead atoms. The second-order valence-electron chi connectivity index (χ2n) is 6.77. The summed E-state index contributed by atoms with van der Waals surface area (Å²) in [5.41, 5.74) is 5.39. The zero-order chi connectivity index (χ0) is 17.0. The Bertz CT molecular complexity index is 543. The SMILES string of the molecule is CS(=O)(=O)N1CCN(C(=O)CC2CCCCC2)C[C@@H](C(N)=O)C1. The fourth-order valence-electron chi connectivity index (χ4n) is 3.46. The quantitative estimate of drug-likeness (QED) is 0.784. The van der Waals surface area contributed by atoms with Crippen molar-refractivity contribution in [3.8, 4) is 0 Å². The fraction of sp³-hybridized carbons (Fsp3) is 0.867. The second-order valence-corrected chi connectivity index (χ2v) is 8.75. The van der Waals surface area contributed by atoms with Gasteiger partial charge < -0.3 is 10.6 Å². The molecule has 2 aliphatic rings. The summed E-state index contributed by atoms with van der Waals surface area (Å²) in [5, 5.41) is 0. The minimum Gasteiger partial charge on any atom is -0.369 e. The molecule has 0 spiro atoms. The summed E-state index contributed by atoms with van der Waals surface area (Å²) in [6.07, 6.45) is 7.34. The van der Waals surface area contributed by atoms with Crippen LogP contribution in [0.25, 0.3) is 0 Å². The first-order chi connectivity index (χ1) is 10.8. The van der Waals surface area contributed by atoms with Crippen LogP contribution in [0.5, 0.6) is 0 Å². The Kier molecular flexibility index (Phi) is 6.02. The van der Waals surface area contributed by atoms with Crippen LogP contribution in [-0.2, 0) is 19.6 Å². The van der Waals surface area contributed by atoms with Crippen molar-refractivity contribution in [3.05, 3.63) is 0 Å². The van der Waals surface area contributed by atoms with Crippen molar-refractivity contribution in [1.82, 2.24) is 9.21 Å². The monoisotopic (exact) mass is 345 g/mol. The van der Waals surface area contributed by atoms with Gasteiger partial charge in [0.1, 0.15) is 0 Å². The van der Waals surface area contributed by atoms with Gasteiger partial charge in [-0.15, -0.1) is 0 Å². The molecule has 8 heteroatoms. The molecule has 1 atom stereocenters. The summed E-state index contributed by atoms with van der Waals surface area (Å²) in [7, 11) is -3.40. The van der Waals surface area contributed by atoms with Gasteiger partial charge in [-0.05, 0) is 18.8 Å². The number of nitrogens with two attached hydrogens (primary N) is 1. The van der Waals surface area contributed by atoms with E-state index < -0.39 is 21.8 Å². The first kappa shape index (κ1) is 18.2. The predicted molar refractivity (Wildman–Crippen MR) is 86.9 cm³/mol. The number of nitrogens with zero attached hydrogens (tertiary/aromatic N) is 2. The molecular weight excluding hydrogens is 318 g/mol. The maximum absolute atomic E-state index is 12.5. The first-order valence-corrected chi connectivity index (χ1v) is 10.1. The maximum Gasteiger partial charge on any atom is 0.223 e. The third-order valence-corrected chi connectivity index (χ3v) is 6.17. The highest BCUT2D eigenvalue weighted by Gasteiger charge is 2.32. The molecule has 23 heavy (non-hydrogen) atoms. The van der Waals surface area contributed by atoms with E-state index in [1.807, 2.05) is 0 Å². The molecule has 0 aromatic rings. The van der Waals surface area contributed by atoms with E-state index in [2.05, 4.69) is 0 Å². The summed E-state index contributed by atoms with van der Waals surface area (Å²) >= 11 is 0. The lowest BCUT2D eigenvalue weighted by molar-refractivity contribution is -0.133. The van der Waals surface area contributed by atoms with Gasteiger partial charge in [0.25, 0.3) is 0 Å². The summed E-state index contributed by atoms with van der Waals surface area (Å²) < 4.78 is 24.8. The van der Waals surface area contributed by atoms with Crippen molar-refractivity contribution in [2.75, 3.05) is 32.4 Å². The van der Waals surface area contributed by atoms with E-state index in [1.54, 1.807) is 4.90 Å². The van der Waals surface area contributed by atoms with Gasteiger partial charge in [-0.2, -0.15) is 4.31 Å². The van der Waals surface area contributed by atoms with Gasteiger partial charge in [-0.25, -0.2) is 8.42 Å². The Morgan fingerprint density at radius 2 is 1.74 bits per heavy atom. The summed E-state index contributed by atoms with van der Waals surface area (Å²) in [6, 6.07) is 0. The van der Waals surface area contributed by atoms with Crippen LogP contribution in [0.15, 0.2) is 0 Å². The van der Waals surface area contributed by atoms with Crippen molar-refractivity contribution in [3.63, 3.8) is 0 Å². The Balaban J connectivity index is 2.03. The lowest BCUT2D eigenvalue weighted by Crippen LogP contribution is -2.41. The van der Waals surface area contributed by atoms with E-state index in [0.717, 1.165) is 19.1 Å². The molecule has 2 fully saturated rings. The molecule has 1 heterocycles. The lowest BCUT2D eigenvalue weighted by atomic mass is 9.86. The highest BCUT2D eigenvalue weighted by atomic mass is 32.2. The zero-order valence-corrected chi connectivity index (χ0v) is 14.6. The lowest BCUT2D eigenvalue weighted by Gasteiger charge is -2.27. The topological polar surface area (TPSA) is 101 Å². The first-order valence-electron chi connectivity index (χ1n) is 8.29. The highest BCUT2D eigenvalue weighted by Crippen LogP contribution is 2.27. The highest BCUT2D eigenvalue weighted by molar-refractivity contribution is 7.88. The molecule has 1 saturated heterocycles. The Labute approximate surface area is 138 Å². The van der Waals surface area contributed by atoms with Crippen LogP contribution >= 0.6 is 0 Å². The van der Waals surface area contributed by atoms with Crippen LogP contribution in [0.1, 0.15) is 38.5 Å². The number of hydrogen-bond acceptors (Lipinski definition) is 4. The van der Waals surface area contributed by atoms with E-state index in [9.17, 15) is 18.0 Å².